The summed E-state index contributed by atoms with van der Waals surface area (Å²) in [5, 5.41) is 3.60. The highest BCUT2D eigenvalue weighted by Gasteiger charge is 2.24. The number of nitrogens with zero attached hydrogens (tertiary/aromatic N) is 3. The van der Waals surface area contributed by atoms with E-state index in [1.165, 1.54) is 19.1 Å². The highest BCUT2D eigenvalue weighted by atomic mass is 19.1. The van der Waals surface area contributed by atoms with Gasteiger partial charge in [-0.2, -0.15) is 0 Å². The Morgan fingerprint density at radius 3 is 2.25 bits per heavy atom. The lowest BCUT2D eigenvalue weighted by molar-refractivity contribution is -0.114. The number of amides is 2. The molecule has 4 aromatic rings. The van der Waals surface area contributed by atoms with E-state index in [-0.39, 0.29) is 17.6 Å². The predicted octanol–water partition coefficient (Wildman–Crippen LogP) is 5.27. The van der Waals surface area contributed by atoms with Crippen molar-refractivity contribution in [3.05, 3.63) is 89.7 Å². The average molecular weight is 483 g/mol. The van der Waals surface area contributed by atoms with Gasteiger partial charge in [0.05, 0.1) is 16.8 Å². The molecule has 182 valence electrons. The minimum absolute atomic E-state index is 0.0251. The molecule has 1 aliphatic rings. The van der Waals surface area contributed by atoms with Gasteiger partial charge in [0, 0.05) is 55.4 Å². The van der Waals surface area contributed by atoms with Crippen LogP contribution in [0.4, 0.5) is 15.8 Å². The van der Waals surface area contributed by atoms with Gasteiger partial charge in [0.1, 0.15) is 5.82 Å². The van der Waals surface area contributed by atoms with E-state index in [1.807, 2.05) is 60.4 Å². The second-order valence-corrected chi connectivity index (χ2v) is 9.09. The van der Waals surface area contributed by atoms with Crippen molar-refractivity contribution in [1.29, 1.82) is 0 Å². The fraction of sp³-hybridized carbons (Fsp3) is 0.207. The summed E-state index contributed by atoms with van der Waals surface area (Å²) < 4.78 is 13.3. The van der Waals surface area contributed by atoms with Crippen molar-refractivity contribution >= 4 is 34.1 Å². The third-order valence-electron chi connectivity index (χ3n) is 6.45. The number of aromatic nitrogens is 1. The Bertz CT molecular complexity index is 1430. The quantitative estimate of drug-likeness (QED) is 0.430. The maximum atomic E-state index is 13.8. The van der Waals surface area contributed by atoms with Crippen molar-refractivity contribution in [3.63, 3.8) is 0 Å². The largest absolute Gasteiger partial charge is 0.368 e. The molecular formula is C29H27FN4O2. The first-order chi connectivity index (χ1) is 17.4. The maximum absolute atomic E-state index is 13.8. The van der Waals surface area contributed by atoms with Crippen molar-refractivity contribution in [2.24, 2.45) is 0 Å². The number of carbonyl (C=O) groups is 2. The van der Waals surface area contributed by atoms with E-state index in [2.05, 4.69) is 10.2 Å². The number of hydrogen-bond acceptors (Lipinski definition) is 4. The zero-order valence-corrected chi connectivity index (χ0v) is 20.3. The van der Waals surface area contributed by atoms with Gasteiger partial charge in [-0.3, -0.25) is 9.59 Å². The van der Waals surface area contributed by atoms with E-state index in [0.717, 1.165) is 27.7 Å². The molecule has 1 aliphatic heterocycles. The highest BCUT2D eigenvalue weighted by molar-refractivity contribution is 6.07. The normalized spacial score (nSPS) is 13.6. The first-order valence-corrected chi connectivity index (χ1v) is 12.0. The van der Waals surface area contributed by atoms with Crippen LogP contribution in [0.1, 0.15) is 22.8 Å². The summed E-state index contributed by atoms with van der Waals surface area (Å²) in [6.07, 6.45) is 0. The molecule has 7 heteroatoms. The summed E-state index contributed by atoms with van der Waals surface area (Å²) in [6.45, 7) is 5.98. The fourth-order valence-corrected chi connectivity index (χ4v) is 4.58. The van der Waals surface area contributed by atoms with Crippen LogP contribution in [0.3, 0.4) is 0 Å². The second kappa shape index (κ2) is 9.77. The first kappa shape index (κ1) is 23.5. The van der Waals surface area contributed by atoms with Crippen LogP contribution in [0, 0.1) is 12.7 Å². The number of rotatable bonds is 4. The number of anilines is 2. The summed E-state index contributed by atoms with van der Waals surface area (Å²) >= 11 is 0. The summed E-state index contributed by atoms with van der Waals surface area (Å²) in [5.74, 6) is -0.412. The predicted molar refractivity (Wildman–Crippen MR) is 141 cm³/mol. The van der Waals surface area contributed by atoms with Crippen LogP contribution < -0.4 is 10.2 Å². The third kappa shape index (κ3) is 4.91. The lowest BCUT2D eigenvalue weighted by atomic mass is 10.0. The number of fused-ring (bicyclic) bond motifs is 1. The average Bonchev–Trinajstić information content (AvgIpc) is 2.88. The molecule has 2 amide bonds. The Labute approximate surface area is 209 Å². The number of nitrogens with one attached hydrogen (secondary N) is 1. The molecule has 0 spiro atoms. The van der Waals surface area contributed by atoms with Gasteiger partial charge in [0.2, 0.25) is 5.91 Å². The molecule has 5 rings (SSSR count). The van der Waals surface area contributed by atoms with Crippen molar-refractivity contribution in [1.82, 2.24) is 9.88 Å². The number of aryl methyl sites for hydroxylation is 1. The minimum atomic E-state index is -0.256. The molecule has 0 saturated carbocycles. The summed E-state index contributed by atoms with van der Waals surface area (Å²) in [4.78, 5) is 34.0. The molecule has 0 bridgehead atoms. The molecule has 1 saturated heterocycles. The topological polar surface area (TPSA) is 65.5 Å². The van der Waals surface area contributed by atoms with Crippen molar-refractivity contribution < 1.29 is 14.0 Å². The van der Waals surface area contributed by atoms with E-state index in [1.54, 1.807) is 12.1 Å². The SMILES string of the molecule is CC(=O)Nc1ccc(-c2cc(C(=O)N3CCN(c4ccc(F)cc4)CC3)c3cc(C)ccc3n2)cc1. The standard InChI is InChI=1S/C29H27FN4O2/c1-19-3-12-27-25(17-19)26(18-28(32-27)21-4-8-23(9-5-21)31-20(2)35)29(36)34-15-13-33(14-16-34)24-10-6-22(30)7-11-24/h3-12,17-18H,13-16H2,1-2H3,(H,31,35). The molecule has 0 aliphatic carbocycles. The van der Waals surface area contributed by atoms with Crippen LogP contribution >= 0.6 is 0 Å². The van der Waals surface area contributed by atoms with Gasteiger partial charge in [-0.1, -0.05) is 23.8 Å². The Hall–Kier alpha value is -4.26. The monoisotopic (exact) mass is 482 g/mol. The number of halogens is 1. The first-order valence-electron chi connectivity index (χ1n) is 12.0. The van der Waals surface area contributed by atoms with Crippen molar-refractivity contribution in [3.8, 4) is 11.3 Å². The number of piperazine rings is 1. The second-order valence-electron chi connectivity index (χ2n) is 9.09. The molecule has 36 heavy (non-hydrogen) atoms. The van der Waals surface area contributed by atoms with Crippen LogP contribution in [0.2, 0.25) is 0 Å². The van der Waals surface area contributed by atoms with Crippen LogP contribution in [0.5, 0.6) is 0 Å². The van der Waals surface area contributed by atoms with Gasteiger partial charge in [-0.25, -0.2) is 9.37 Å². The molecule has 0 radical (unpaired) electrons. The summed E-state index contributed by atoms with van der Waals surface area (Å²) in [6, 6.07) is 21.7. The van der Waals surface area contributed by atoms with Crippen LogP contribution in [0.15, 0.2) is 72.8 Å². The lowest BCUT2D eigenvalue weighted by Gasteiger charge is -2.36. The van der Waals surface area contributed by atoms with E-state index < -0.39 is 0 Å². The Morgan fingerprint density at radius 2 is 1.58 bits per heavy atom. The van der Waals surface area contributed by atoms with Gasteiger partial charge in [0.15, 0.2) is 0 Å². The minimum Gasteiger partial charge on any atom is -0.368 e. The number of hydrogen-bond donors (Lipinski definition) is 1. The van der Waals surface area contributed by atoms with Gasteiger partial charge in [0.25, 0.3) is 5.91 Å². The number of benzene rings is 3. The summed E-state index contributed by atoms with van der Waals surface area (Å²) in [5.41, 5.74) is 5.68. The van der Waals surface area contributed by atoms with E-state index in [0.29, 0.717) is 43.1 Å². The molecule has 1 aromatic heterocycles. The molecule has 1 fully saturated rings. The molecule has 1 N–H and O–H groups in total. The van der Waals surface area contributed by atoms with Crippen LogP contribution in [-0.4, -0.2) is 47.9 Å². The van der Waals surface area contributed by atoms with Gasteiger partial charge < -0.3 is 15.1 Å². The van der Waals surface area contributed by atoms with E-state index in [9.17, 15) is 14.0 Å². The van der Waals surface area contributed by atoms with Crippen LogP contribution in [-0.2, 0) is 4.79 Å². The lowest BCUT2D eigenvalue weighted by Crippen LogP contribution is -2.48. The van der Waals surface area contributed by atoms with E-state index >= 15 is 0 Å². The molecular weight excluding hydrogens is 455 g/mol. The highest BCUT2D eigenvalue weighted by Crippen LogP contribution is 2.28. The molecule has 2 heterocycles. The van der Waals surface area contributed by atoms with Gasteiger partial charge >= 0.3 is 0 Å². The molecule has 0 atom stereocenters. The molecule has 3 aromatic carbocycles. The Balaban J connectivity index is 1.43. The zero-order chi connectivity index (χ0) is 25.2. The smallest absolute Gasteiger partial charge is 0.254 e. The third-order valence-corrected chi connectivity index (χ3v) is 6.45. The zero-order valence-electron chi connectivity index (χ0n) is 20.3. The molecule has 0 unspecified atom stereocenters. The Kier molecular flexibility index (Phi) is 6.38. The fourth-order valence-electron chi connectivity index (χ4n) is 4.58. The van der Waals surface area contributed by atoms with Gasteiger partial charge in [-0.05, 0) is 61.5 Å². The maximum Gasteiger partial charge on any atom is 0.254 e. The van der Waals surface area contributed by atoms with Crippen molar-refractivity contribution in [2.75, 3.05) is 36.4 Å². The number of carbonyl (C=O) groups excluding carboxylic acids is 2. The number of pyridine rings is 1. The van der Waals surface area contributed by atoms with Crippen LogP contribution in [0.25, 0.3) is 22.2 Å². The van der Waals surface area contributed by atoms with Crippen molar-refractivity contribution in [2.45, 2.75) is 13.8 Å². The summed E-state index contributed by atoms with van der Waals surface area (Å²) in [7, 11) is 0. The van der Waals surface area contributed by atoms with Gasteiger partial charge in [-0.15, -0.1) is 0 Å². The molecule has 6 nitrogen and oxygen atoms in total. The Morgan fingerprint density at radius 1 is 0.889 bits per heavy atom. The van der Waals surface area contributed by atoms with E-state index in [4.69, 9.17) is 4.98 Å².